The van der Waals surface area contributed by atoms with Crippen molar-refractivity contribution in [2.75, 3.05) is 20.1 Å². The highest BCUT2D eigenvalue weighted by Crippen LogP contribution is 2.29. The summed E-state index contributed by atoms with van der Waals surface area (Å²) in [6.45, 7) is 2.59. The predicted octanol–water partition coefficient (Wildman–Crippen LogP) is 2.04. The molecule has 2 N–H and O–H groups in total. The lowest BCUT2D eigenvalue weighted by atomic mass is 10.0. The highest BCUT2D eigenvalue weighted by Gasteiger charge is 2.45. The van der Waals surface area contributed by atoms with E-state index in [0.29, 0.717) is 32.5 Å². The summed E-state index contributed by atoms with van der Waals surface area (Å²) in [6, 6.07) is 18.1. The number of aromatic nitrogens is 2. The molecule has 3 aromatic rings. The first kappa shape index (κ1) is 23.5. The molecular weight excluding hydrogens is 440 g/mol. The van der Waals surface area contributed by atoms with E-state index in [2.05, 4.69) is 38.1 Å². The molecule has 184 valence electrons. The maximum Gasteiger partial charge on any atom is 0.239 e. The molecule has 2 aliphatic heterocycles. The Bertz CT molecular complexity index is 1190. The van der Waals surface area contributed by atoms with Gasteiger partial charge < -0.3 is 15.2 Å². The van der Waals surface area contributed by atoms with Crippen LogP contribution in [0.2, 0.25) is 0 Å². The molecule has 0 bridgehead atoms. The lowest BCUT2D eigenvalue weighted by molar-refractivity contribution is -0.126. The van der Waals surface area contributed by atoms with Crippen LogP contribution in [-0.2, 0) is 29.7 Å². The van der Waals surface area contributed by atoms with Crippen molar-refractivity contribution in [2.45, 2.75) is 50.5 Å². The number of carbonyl (C=O) groups excluding carboxylic acids is 2. The van der Waals surface area contributed by atoms with E-state index < -0.39 is 0 Å². The SMILES string of the molecule is CN1[C@@H](CCC(=O)NCc2ccccc2)CNC(=O)[C@@H]2[C@@H]1CCN2Cc1nc2ccccc2n1C. The Hall–Kier alpha value is -3.23. The molecule has 2 amide bonds. The van der Waals surface area contributed by atoms with Gasteiger partial charge in [-0.1, -0.05) is 42.5 Å². The fraction of sp³-hybridized carbons (Fsp3) is 0.444. The second-order valence-electron chi connectivity index (χ2n) is 9.71. The number of nitrogens with one attached hydrogen (secondary N) is 2. The molecule has 3 heterocycles. The first-order chi connectivity index (χ1) is 17.0. The number of para-hydroxylation sites is 2. The monoisotopic (exact) mass is 474 g/mol. The van der Waals surface area contributed by atoms with Gasteiger partial charge in [0.15, 0.2) is 0 Å². The third-order valence-electron chi connectivity index (χ3n) is 7.61. The quantitative estimate of drug-likeness (QED) is 0.548. The number of fused-ring (bicyclic) bond motifs is 2. The van der Waals surface area contributed by atoms with Crippen molar-refractivity contribution in [1.82, 2.24) is 30.0 Å². The molecule has 2 aromatic carbocycles. The number of likely N-dealkylation sites (N-methyl/N-ethyl adjacent to an activating group) is 1. The third-order valence-corrected chi connectivity index (χ3v) is 7.61. The predicted molar refractivity (Wildman–Crippen MR) is 135 cm³/mol. The fourth-order valence-electron chi connectivity index (χ4n) is 5.53. The minimum atomic E-state index is -0.211. The first-order valence-electron chi connectivity index (χ1n) is 12.5. The Balaban J connectivity index is 1.20. The summed E-state index contributed by atoms with van der Waals surface area (Å²) >= 11 is 0. The lowest BCUT2D eigenvalue weighted by Crippen LogP contribution is -2.49. The second-order valence-corrected chi connectivity index (χ2v) is 9.71. The fourth-order valence-corrected chi connectivity index (χ4v) is 5.53. The van der Waals surface area contributed by atoms with Crippen molar-refractivity contribution in [1.29, 1.82) is 0 Å². The molecule has 0 saturated carbocycles. The molecule has 0 unspecified atom stereocenters. The van der Waals surface area contributed by atoms with Gasteiger partial charge in [-0.3, -0.25) is 19.4 Å². The van der Waals surface area contributed by atoms with Crippen molar-refractivity contribution in [3.8, 4) is 0 Å². The van der Waals surface area contributed by atoms with Crippen LogP contribution in [0.1, 0.15) is 30.7 Å². The summed E-state index contributed by atoms with van der Waals surface area (Å²) in [5.74, 6) is 1.09. The Labute approximate surface area is 206 Å². The second kappa shape index (κ2) is 10.2. The number of nitrogens with zero attached hydrogens (tertiary/aromatic N) is 4. The van der Waals surface area contributed by atoms with Gasteiger partial charge in [0.25, 0.3) is 0 Å². The average molecular weight is 475 g/mol. The number of imidazole rings is 1. The number of hydrogen-bond donors (Lipinski definition) is 2. The molecule has 3 atom stereocenters. The molecule has 2 fully saturated rings. The van der Waals surface area contributed by atoms with Gasteiger partial charge >= 0.3 is 0 Å². The van der Waals surface area contributed by atoms with Crippen LogP contribution in [0, 0.1) is 0 Å². The normalized spacial score (nSPS) is 23.1. The van der Waals surface area contributed by atoms with E-state index in [1.807, 2.05) is 55.6 Å². The summed E-state index contributed by atoms with van der Waals surface area (Å²) < 4.78 is 2.12. The van der Waals surface area contributed by atoms with Gasteiger partial charge in [0.1, 0.15) is 11.9 Å². The zero-order valence-electron chi connectivity index (χ0n) is 20.5. The van der Waals surface area contributed by atoms with Crippen LogP contribution in [0.25, 0.3) is 11.0 Å². The maximum atomic E-state index is 13.2. The van der Waals surface area contributed by atoms with Crippen molar-refractivity contribution >= 4 is 22.8 Å². The van der Waals surface area contributed by atoms with Gasteiger partial charge in [-0.05, 0) is 37.6 Å². The minimum Gasteiger partial charge on any atom is -0.353 e. The first-order valence-corrected chi connectivity index (χ1v) is 12.5. The number of aryl methyl sites for hydroxylation is 1. The Kier molecular flexibility index (Phi) is 6.83. The van der Waals surface area contributed by atoms with E-state index in [9.17, 15) is 9.59 Å². The largest absolute Gasteiger partial charge is 0.353 e. The molecule has 2 aliphatic rings. The number of carbonyl (C=O) groups is 2. The van der Waals surface area contributed by atoms with E-state index >= 15 is 0 Å². The number of hydrogen-bond acceptors (Lipinski definition) is 5. The van der Waals surface area contributed by atoms with Crippen LogP contribution in [0.5, 0.6) is 0 Å². The van der Waals surface area contributed by atoms with Crippen LogP contribution in [0.15, 0.2) is 54.6 Å². The summed E-state index contributed by atoms with van der Waals surface area (Å²) in [5, 5.41) is 6.17. The van der Waals surface area contributed by atoms with Crippen LogP contribution in [0.4, 0.5) is 0 Å². The van der Waals surface area contributed by atoms with Crippen molar-refractivity contribution in [3.63, 3.8) is 0 Å². The zero-order chi connectivity index (χ0) is 24.4. The lowest BCUT2D eigenvalue weighted by Gasteiger charge is -2.33. The van der Waals surface area contributed by atoms with Gasteiger partial charge in [-0.15, -0.1) is 0 Å². The summed E-state index contributed by atoms with van der Waals surface area (Å²) in [5.41, 5.74) is 3.18. The molecule has 1 aromatic heterocycles. The molecule has 8 nitrogen and oxygen atoms in total. The molecule has 0 radical (unpaired) electrons. The van der Waals surface area contributed by atoms with Crippen LogP contribution < -0.4 is 10.6 Å². The third kappa shape index (κ3) is 4.94. The highest BCUT2D eigenvalue weighted by molar-refractivity contribution is 5.83. The van der Waals surface area contributed by atoms with Crippen molar-refractivity contribution < 1.29 is 9.59 Å². The van der Waals surface area contributed by atoms with E-state index in [-0.39, 0.29) is 29.9 Å². The van der Waals surface area contributed by atoms with Crippen molar-refractivity contribution in [2.24, 2.45) is 7.05 Å². The van der Waals surface area contributed by atoms with Crippen LogP contribution in [-0.4, -0.2) is 69.4 Å². The molecule has 2 saturated heterocycles. The summed E-state index contributed by atoms with van der Waals surface area (Å²) in [6.07, 6.45) is 2.08. The van der Waals surface area contributed by atoms with E-state index in [4.69, 9.17) is 4.98 Å². The van der Waals surface area contributed by atoms with Gasteiger partial charge in [0.2, 0.25) is 11.8 Å². The number of benzene rings is 2. The van der Waals surface area contributed by atoms with E-state index in [1.54, 1.807) is 0 Å². The summed E-state index contributed by atoms with van der Waals surface area (Å²) in [7, 11) is 4.14. The minimum absolute atomic E-state index is 0.0456. The van der Waals surface area contributed by atoms with E-state index in [1.165, 1.54) is 0 Å². The van der Waals surface area contributed by atoms with Crippen LogP contribution >= 0.6 is 0 Å². The zero-order valence-corrected chi connectivity index (χ0v) is 20.5. The average Bonchev–Trinajstić information content (AvgIpc) is 3.40. The smallest absolute Gasteiger partial charge is 0.239 e. The number of amides is 2. The van der Waals surface area contributed by atoms with E-state index in [0.717, 1.165) is 35.4 Å². The Morgan fingerprint density at radius 2 is 1.89 bits per heavy atom. The van der Waals surface area contributed by atoms with Crippen molar-refractivity contribution in [3.05, 3.63) is 66.0 Å². The number of likely N-dealkylation sites (tertiary alicyclic amines) is 1. The molecule has 0 aliphatic carbocycles. The topological polar surface area (TPSA) is 82.5 Å². The Morgan fingerprint density at radius 3 is 2.69 bits per heavy atom. The molecule has 35 heavy (non-hydrogen) atoms. The highest BCUT2D eigenvalue weighted by atomic mass is 16.2. The molecule has 5 rings (SSSR count). The van der Waals surface area contributed by atoms with Gasteiger partial charge in [-0.25, -0.2) is 4.98 Å². The summed E-state index contributed by atoms with van der Waals surface area (Å²) in [4.78, 5) is 35.0. The maximum absolute atomic E-state index is 13.2. The van der Waals surface area contributed by atoms with Gasteiger partial charge in [-0.2, -0.15) is 0 Å². The molecule has 8 heteroatoms. The number of rotatable bonds is 7. The Morgan fingerprint density at radius 1 is 1.11 bits per heavy atom. The van der Waals surface area contributed by atoms with Gasteiger partial charge in [0.05, 0.1) is 17.6 Å². The van der Waals surface area contributed by atoms with Crippen LogP contribution in [0.3, 0.4) is 0 Å². The molecule has 0 spiro atoms. The molecular formula is C27H34N6O2. The standard InChI is InChI=1S/C27H34N6O2/c1-31-20(12-13-25(34)28-16-19-8-4-3-5-9-19)17-29-27(35)26-23(31)14-15-33(26)18-24-30-21-10-6-7-11-22(21)32(24)2/h3-11,20,23,26H,12-18H2,1-2H3,(H,28,34)(H,29,35)/t20-,23-,26-/m0/s1. The van der Waals surface area contributed by atoms with Gasteiger partial charge in [0, 0.05) is 45.2 Å².